The van der Waals surface area contributed by atoms with Gasteiger partial charge in [0.1, 0.15) is 5.82 Å². The van der Waals surface area contributed by atoms with E-state index in [0.29, 0.717) is 23.7 Å². The van der Waals surface area contributed by atoms with Gasteiger partial charge in [-0.1, -0.05) is 23.7 Å². The van der Waals surface area contributed by atoms with Crippen LogP contribution < -0.4 is 5.32 Å². The number of hydrogen-bond acceptors (Lipinski definition) is 3. The van der Waals surface area contributed by atoms with Gasteiger partial charge in [-0.05, 0) is 53.6 Å². The number of halogens is 2. The molecule has 0 unspecified atom stereocenters. The third-order valence-electron chi connectivity index (χ3n) is 4.39. The van der Waals surface area contributed by atoms with Gasteiger partial charge in [-0.15, -0.1) is 0 Å². The van der Waals surface area contributed by atoms with Gasteiger partial charge in [-0.25, -0.2) is 13.9 Å². The molecule has 136 valence electrons. The van der Waals surface area contributed by atoms with Gasteiger partial charge in [0.2, 0.25) is 0 Å². The van der Waals surface area contributed by atoms with Crippen LogP contribution in [0.2, 0.25) is 5.02 Å². The number of benzene rings is 2. The summed E-state index contributed by atoms with van der Waals surface area (Å²) in [5.74, 6) is -1.39. The SMILES string of the molecule is O=C(O)c1nn(-c2ccc(Cl)cc2)c2c1CNC/C2=C\c1ccc(F)cc1. The van der Waals surface area contributed by atoms with Crippen LogP contribution in [-0.2, 0) is 6.54 Å². The van der Waals surface area contributed by atoms with Gasteiger partial charge in [-0.2, -0.15) is 5.10 Å². The Bertz CT molecular complexity index is 1040. The van der Waals surface area contributed by atoms with Crippen LogP contribution in [-0.4, -0.2) is 27.4 Å². The molecule has 2 heterocycles. The average Bonchev–Trinajstić information content (AvgIpc) is 3.05. The zero-order valence-corrected chi connectivity index (χ0v) is 14.9. The number of carboxylic acid groups (broad SMARTS) is 1. The van der Waals surface area contributed by atoms with Crippen molar-refractivity contribution in [3.05, 3.63) is 81.9 Å². The summed E-state index contributed by atoms with van der Waals surface area (Å²) < 4.78 is 14.8. The fourth-order valence-corrected chi connectivity index (χ4v) is 3.30. The van der Waals surface area contributed by atoms with Gasteiger partial charge in [-0.3, -0.25) is 0 Å². The summed E-state index contributed by atoms with van der Waals surface area (Å²) >= 11 is 5.97. The normalized spacial score (nSPS) is 15.0. The van der Waals surface area contributed by atoms with Crippen molar-refractivity contribution < 1.29 is 14.3 Å². The van der Waals surface area contributed by atoms with Crippen LogP contribution in [0.3, 0.4) is 0 Å². The van der Waals surface area contributed by atoms with Crippen molar-refractivity contribution in [3.8, 4) is 5.69 Å². The predicted molar refractivity (Wildman–Crippen MR) is 102 cm³/mol. The van der Waals surface area contributed by atoms with E-state index in [9.17, 15) is 14.3 Å². The third-order valence-corrected chi connectivity index (χ3v) is 4.64. The molecule has 1 aliphatic rings. The molecule has 7 heteroatoms. The van der Waals surface area contributed by atoms with Crippen LogP contribution in [0.15, 0.2) is 48.5 Å². The molecule has 2 aromatic carbocycles. The zero-order chi connectivity index (χ0) is 19.0. The van der Waals surface area contributed by atoms with Crippen molar-refractivity contribution in [2.24, 2.45) is 0 Å². The van der Waals surface area contributed by atoms with E-state index in [1.165, 1.54) is 12.1 Å². The number of carboxylic acids is 1. The van der Waals surface area contributed by atoms with Gasteiger partial charge in [0, 0.05) is 23.7 Å². The first-order valence-corrected chi connectivity index (χ1v) is 8.69. The van der Waals surface area contributed by atoms with Crippen LogP contribution in [0.25, 0.3) is 17.3 Å². The molecular weight excluding hydrogens is 369 g/mol. The number of fused-ring (bicyclic) bond motifs is 1. The topological polar surface area (TPSA) is 67.1 Å². The zero-order valence-electron chi connectivity index (χ0n) is 14.1. The van der Waals surface area contributed by atoms with Crippen molar-refractivity contribution in [3.63, 3.8) is 0 Å². The lowest BCUT2D eigenvalue weighted by atomic mass is 9.99. The van der Waals surface area contributed by atoms with E-state index in [-0.39, 0.29) is 11.5 Å². The highest BCUT2D eigenvalue weighted by atomic mass is 35.5. The Kier molecular flexibility index (Phi) is 4.51. The predicted octanol–water partition coefficient (Wildman–Crippen LogP) is 4.01. The summed E-state index contributed by atoms with van der Waals surface area (Å²) in [4.78, 5) is 11.7. The minimum Gasteiger partial charge on any atom is -0.476 e. The van der Waals surface area contributed by atoms with Gasteiger partial charge in [0.15, 0.2) is 5.69 Å². The molecule has 0 fully saturated rings. The lowest BCUT2D eigenvalue weighted by Gasteiger charge is -2.19. The molecule has 0 amide bonds. The van der Waals surface area contributed by atoms with Crippen molar-refractivity contribution in [2.45, 2.75) is 6.54 Å². The Hall–Kier alpha value is -2.96. The summed E-state index contributed by atoms with van der Waals surface area (Å²) in [5.41, 5.74) is 3.78. The molecule has 0 saturated carbocycles. The number of nitrogens with one attached hydrogen (secondary N) is 1. The fraction of sp³-hybridized carbons (Fsp3) is 0.100. The lowest BCUT2D eigenvalue weighted by molar-refractivity contribution is 0.0688. The summed E-state index contributed by atoms with van der Waals surface area (Å²) in [7, 11) is 0. The third kappa shape index (κ3) is 3.37. The standard InChI is InChI=1S/C20H15ClFN3O2/c21-14-3-7-16(8-4-14)25-19-13(9-12-1-5-15(22)6-2-12)10-23-11-17(19)18(24-25)20(26)27/h1-9,23H,10-11H2,(H,26,27)/b13-9+. The van der Waals surface area contributed by atoms with E-state index in [1.807, 2.05) is 6.08 Å². The molecule has 1 aromatic heterocycles. The molecule has 0 bridgehead atoms. The maximum absolute atomic E-state index is 13.2. The van der Waals surface area contributed by atoms with E-state index in [0.717, 1.165) is 22.5 Å². The van der Waals surface area contributed by atoms with Crippen LogP contribution in [0.5, 0.6) is 0 Å². The first-order valence-electron chi connectivity index (χ1n) is 8.31. The Balaban J connectivity index is 1.90. The monoisotopic (exact) mass is 383 g/mol. The van der Waals surface area contributed by atoms with E-state index >= 15 is 0 Å². The van der Waals surface area contributed by atoms with Crippen LogP contribution in [0.4, 0.5) is 4.39 Å². The highest BCUT2D eigenvalue weighted by molar-refractivity contribution is 6.30. The average molecular weight is 384 g/mol. The summed E-state index contributed by atoms with van der Waals surface area (Å²) in [6, 6.07) is 13.2. The molecule has 5 nitrogen and oxygen atoms in total. The highest BCUT2D eigenvalue weighted by Crippen LogP contribution is 2.30. The number of aromatic carboxylic acids is 1. The number of hydrogen-bond donors (Lipinski definition) is 2. The van der Waals surface area contributed by atoms with Crippen LogP contribution >= 0.6 is 11.6 Å². The quantitative estimate of drug-likeness (QED) is 0.717. The number of aromatic nitrogens is 2. The minimum atomic E-state index is -1.08. The molecule has 0 aliphatic carbocycles. The molecule has 0 atom stereocenters. The van der Waals surface area contributed by atoms with Crippen molar-refractivity contribution in [1.82, 2.24) is 15.1 Å². The fourth-order valence-electron chi connectivity index (χ4n) is 3.17. The maximum atomic E-state index is 13.2. The Morgan fingerprint density at radius 3 is 2.52 bits per heavy atom. The molecule has 2 N–H and O–H groups in total. The summed E-state index contributed by atoms with van der Waals surface area (Å²) in [6.07, 6.45) is 1.91. The number of rotatable bonds is 3. The number of nitrogens with zero attached hydrogens (tertiary/aromatic N) is 2. The van der Waals surface area contributed by atoms with E-state index in [1.54, 1.807) is 41.1 Å². The Labute approximate surface area is 159 Å². The Morgan fingerprint density at radius 2 is 1.85 bits per heavy atom. The van der Waals surface area contributed by atoms with Gasteiger partial charge in [0.05, 0.1) is 11.4 Å². The first kappa shape index (κ1) is 17.5. The molecule has 4 rings (SSSR count). The second kappa shape index (κ2) is 6.98. The summed E-state index contributed by atoms with van der Waals surface area (Å²) in [5, 5.41) is 17.7. The van der Waals surface area contributed by atoms with E-state index in [2.05, 4.69) is 10.4 Å². The second-order valence-corrected chi connectivity index (χ2v) is 6.63. The van der Waals surface area contributed by atoms with Crippen molar-refractivity contribution >= 4 is 29.2 Å². The molecular formula is C20H15ClFN3O2. The molecule has 1 aliphatic heterocycles. The van der Waals surface area contributed by atoms with Crippen molar-refractivity contribution in [2.75, 3.05) is 6.54 Å². The largest absolute Gasteiger partial charge is 0.476 e. The maximum Gasteiger partial charge on any atom is 0.356 e. The van der Waals surface area contributed by atoms with Crippen LogP contribution in [0.1, 0.15) is 27.3 Å². The second-order valence-electron chi connectivity index (χ2n) is 6.19. The Morgan fingerprint density at radius 1 is 1.15 bits per heavy atom. The molecule has 3 aromatic rings. The number of carbonyl (C=O) groups is 1. The van der Waals surface area contributed by atoms with E-state index in [4.69, 9.17) is 11.6 Å². The van der Waals surface area contributed by atoms with E-state index < -0.39 is 5.97 Å². The lowest BCUT2D eigenvalue weighted by Crippen LogP contribution is -2.24. The molecule has 27 heavy (non-hydrogen) atoms. The highest BCUT2D eigenvalue weighted by Gasteiger charge is 2.28. The van der Waals surface area contributed by atoms with Crippen LogP contribution in [0, 0.1) is 5.82 Å². The summed E-state index contributed by atoms with van der Waals surface area (Å²) in [6.45, 7) is 0.952. The minimum absolute atomic E-state index is 0.0113. The smallest absolute Gasteiger partial charge is 0.356 e. The molecule has 0 saturated heterocycles. The van der Waals surface area contributed by atoms with Gasteiger partial charge < -0.3 is 10.4 Å². The van der Waals surface area contributed by atoms with Gasteiger partial charge in [0.25, 0.3) is 0 Å². The molecule has 0 radical (unpaired) electrons. The first-order chi connectivity index (χ1) is 13.0. The van der Waals surface area contributed by atoms with Gasteiger partial charge >= 0.3 is 5.97 Å². The van der Waals surface area contributed by atoms with Crippen molar-refractivity contribution in [1.29, 1.82) is 0 Å². The molecule has 0 spiro atoms.